The largest absolute Gasteiger partial charge is 0.328 e. The number of aromatic nitrogens is 2. The average molecular weight is 280 g/mol. The summed E-state index contributed by atoms with van der Waals surface area (Å²) in [7, 11) is 1.69. The van der Waals surface area contributed by atoms with Gasteiger partial charge in [0.05, 0.1) is 5.69 Å². The minimum atomic E-state index is -0.389. The third-order valence-electron chi connectivity index (χ3n) is 3.82. The summed E-state index contributed by atoms with van der Waals surface area (Å²) in [6, 6.07) is 13.9. The van der Waals surface area contributed by atoms with Crippen LogP contribution in [0.5, 0.6) is 0 Å². The minimum absolute atomic E-state index is 0.302. The molecule has 21 heavy (non-hydrogen) atoms. The zero-order valence-corrected chi connectivity index (χ0v) is 12.0. The van der Waals surface area contributed by atoms with Gasteiger partial charge in [-0.3, -0.25) is 14.3 Å². The highest BCUT2D eigenvalue weighted by atomic mass is 16.2. The molecule has 0 radical (unpaired) electrons. The summed E-state index contributed by atoms with van der Waals surface area (Å²) in [4.78, 5) is 26.4. The molecule has 0 atom stereocenters. The standard InChI is InChI=1S/C17H16N2O2/c1-3-12-15(19(2)17(21)18-16(12)20)14-10-6-8-11-7-4-5-9-13(11)14/h4-10H,3H2,1-2H3,(H,18,20,21). The first kappa shape index (κ1) is 13.4. The van der Waals surface area contributed by atoms with Gasteiger partial charge in [0.1, 0.15) is 0 Å². The molecule has 4 nitrogen and oxygen atoms in total. The van der Waals surface area contributed by atoms with E-state index in [-0.39, 0.29) is 11.2 Å². The zero-order valence-electron chi connectivity index (χ0n) is 12.0. The van der Waals surface area contributed by atoms with Gasteiger partial charge in [-0.15, -0.1) is 0 Å². The summed E-state index contributed by atoms with van der Waals surface area (Å²) in [5.74, 6) is 0. The van der Waals surface area contributed by atoms with Gasteiger partial charge in [0.2, 0.25) is 0 Å². The van der Waals surface area contributed by atoms with Crippen LogP contribution in [0, 0.1) is 0 Å². The number of hydrogen-bond acceptors (Lipinski definition) is 2. The van der Waals surface area contributed by atoms with Crippen molar-refractivity contribution in [3.05, 3.63) is 68.9 Å². The van der Waals surface area contributed by atoms with Crippen molar-refractivity contribution >= 4 is 10.8 Å². The number of nitrogens with zero attached hydrogens (tertiary/aromatic N) is 1. The zero-order chi connectivity index (χ0) is 15.0. The van der Waals surface area contributed by atoms with E-state index in [1.54, 1.807) is 7.05 Å². The molecule has 0 fully saturated rings. The molecule has 0 amide bonds. The van der Waals surface area contributed by atoms with E-state index < -0.39 is 0 Å². The van der Waals surface area contributed by atoms with Gasteiger partial charge in [-0.1, -0.05) is 49.4 Å². The van der Waals surface area contributed by atoms with E-state index in [9.17, 15) is 9.59 Å². The highest BCUT2D eigenvalue weighted by Gasteiger charge is 2.15. The second-order valence-electron chi connectivity index (χ2n) is 5.03. The molecular weight excluding hydrogens is 264 g/mol. The van der Waals surface area contributed by atoms with Gasteiger partial charge >= 0.3 is 5.69 Å². The molecule has 3 rings (SSSR count). The Morgan fingerprint density at radius 1 is 1.05 bits per heavy atom. The fourth-order valence-electron chi connectivity index (χ4n) is 2.77. The minimum Gasteiger partial charge on any atom is -0.296 e. The van der Waals surface area contributed by atoms with E-state index in [0.29, 0.717) is 17.7 Å². The maximum Gasteiger partial charge on any atom is 0.328 e. The Bertz CT molecular complexity index is 930. The van der Waals surface area contributed by atoms with Crippen molar-refractivity contribution in [1.82, 2.24) is 9.55 Å². The highest BCUT2D eigenvalue weighted by Crippen LogP contribution is 2.28. The van der Waals surface area contributed by atoms with Crippen LogP contribution >= 0.6 is 0 Å². The third-order valence-corrected chi connectivity index (χ3v) is 3.82. The van der Waals surface area contributed by atoms with Crippen LogP contribution in [0.1, 0.15) is 12.5 Å². The predicted octanol–water partition coefficient (Wildman–Crippen LogP) is 2.46. The van der Waals surface area contributed by atoms with Crippen LogP contribution < -0.4 is 11.2 Å². The van der Waals surface area contributed by atoms with Gasteiger partial charge in [0, 0.05) is 18.2 Å². The molecular formula is C17H16N2O2. The molecule has 1 N–H and O–H groups in total. The van der Waals surface area contributed by atoms with Crippen LogP contribution in [-0.2, 0) is 13.5 Å². The first-order valence-electron chi connectivity index (χ1n) is 6.93. The predicted molar refractivity (Wildman–Crippen MR) is 84.6 cm³/mol. The molecule has 2 aromatic carbocycles. The van der Waals surface area contributed by atoms with Gasteiger partial charge in [-0.05, 0) is 17.2 Å². The van der Waals surface area contributed by atoms with Crippen LogP contribution in [0.4, 0.5) is 0 Å². The smallest absolute Gasteiger partial charge is 0.296 e. The Kier molecular flexibility index (Phi) is 3.22. The van der Waals surface area contributed by atoms with Gasteiger partial charge in [0.15, 0.2) is 0 Å². The van der Waals surface area contributed by atoms with E-state index in [2.05, 4.69) is 4.98 Å². The van der Waals surface area contributed by atoms with E-state index in [4.69, 9.17) is 0 Å². The molecule has 3 aromatic rings. The van der Waals surface area contributed by atoms with Crippen molar-refractivity contribution < 1.29 is 0 Å². The van der Waals surface area contributed by atoms with Crippen molar-refractivity contribution in [1.29, 1.82) is 0 Å². The highest BCUT2D eigenvalue weighted by molar-refractivity contribution is 5.96. The Morgan fingerprint density at radius 2 is 1.76 bits per heavy atom. The van der Waals surface area contributed by atoms with Gasteiger partial charge in [-0.2, -0.15) is 0 Å². The average Bonchev–Trinajstić information content (AvgIpc) is 2.50. The second kappa shape index (κ2) is 5.05. The SMILES string of the molecule is CCc1c(-c2cccc3ccccc23)n(C)c(=O)[nH]c1=O. The van der Waals surface area contributed by atoms with Gasteiger partial charge in [-0.25, -0.2) is 4.79 Å². The fraction of sp³-hybridized carbons (Fsp3) is 0.176. The molecule has 1 heterocycles. The number of benzene rings is 2. The number of H-pyrrole nitrogens is 1. The second-order valence-corrected chi connectivity index (χ2v) is 5.03. The van der Waals surface area contributed by atoms with Crippen LogP contribution in [0.25, 0.3) is 22.0 Å². The van der Waals surface area contributed by atoms with Crippen molar-refractivity contribution in [2.24, 2.45) is 7.05 Å². The van der Waals surface area contributed by atoms with Crippen LogP contribution in [-0.4, -0.2) is 9.55 Å². The van der Waals surface area contributed by atoms with E-state index >= 15 is 0 Å². The molecule has 0 saturated heterocycles. The number of fused-ring (bicyclic) bond motifs is 1. The molecule has 0 aliphatic rings. The lowest BCUT2D eigenvalue weighted by molar-refractivity contribution is 0.789. The molecule has 4 heteroatoms. The lowest BCUT2D eigenvalue weighted by atomic mass is 9.98. The first-order chi connectivity index (χ1) is 10.1. The molecule has 106 valence electrons. The Morgan fingerprint density at radius 3 is 2.52 bits per heavy atom. The van der Waals surface area contributed by atoms with Crippen LogP contribution in [0.3, 0.4) is 0 Å². The summed E-state index contributed by atoms with van der Waals surface area (Å²) in [5, 5.41) is 2.13. The summed E-state index contributed by atoms with van der Waals surface area (Å²) in [6.07, 6.45) is 0.571. The molecule has 0 saturated carbocycles. The number of nitrogens with one attached hydrogen (secondary N) is 1. The topological polar surface area (TPSA) is 54.9 Å². The van der Waals surface area contributed by atoms with E-state index in [0.717, 1.165) is 16.3 Å². The number of aromatic amines is 1. The normalized spacial score (nSPS) is 11.0. The van der Waals surface area contributed by atoms with Gasteiger partial charge in [0.25, 0.3) is 5.56 Å². The molecule has 0 spiro atoms. The molecule has 0 bridgehead atoms. The van der Waals surface area contributed by atoms with Crippen molar-refractivity contribution in [2.45, 2.75) is 13.3 Å². The molecule has 0 unspecified atom stereocenters. The summed E-state index contributed by atoms with van der Waals surface area (Å²) in [5.41, 5.74) is 1.55. The van der Waals surface area contributed by atoms with E-state index in [1.165, 1.54) is 4.57 Å². The van der Waals surface area contributed by atoms with Gasteiger partial charge < -0.3 is 0 Å². The summed E-state index contributed by atoms with van der Waals surface area (Å²) in [6.45, 7) is 1.92. The van der Waals surface area contributed by atoms with Crippen LogP contribution in [0.15, 0.2) is 52.1 Å². The maximum absolute atomic E-state index is 12.1. The monoisotopic (exact) mass is 280 g/mol. The summed E-state index contributed by atoms with van der Waals surface area (Å²) >= 11 is 0. The molecule has 1 aromatic heterocycles. The van der Waals surface area contributed by atoms with Crippen molar-refractivity contribution in [2.75, 3.05) is 0 Å². The summed E-state index contributed by atoms with van der Waals surface area (Å²) < 4.78 is 1.52. The number of hydrogen-bond donors (Lipinski definition) is 1. The van der Waals surface area contributed by atoms with E-state index in [1.807, 2.05) is 49.4 Å². The Labute approximate surface area is 121 Å². The molecule has 0 aliphatic heterocycles. The van der Waals surface area contributed by atoms with Crippen molar-refractivity contribution in [3.63, 3.8) is 0 Å². The molecule has 0 aliphatic carbocycles. The maximum atomic E-state index is 12.1. The number of rotatable bonds is 2. The third kappa shape index (κ3) is 2.09. The quantitative estimate of drug-likeness (QED) is 0.784. The first-order valence-corrected chi connectivity index (χ1v) is 6.93. The Balaban J connectivity index is 2.49. The lowest BCUT2D eigenvalue weighted by Crippen LogP contribution is -2.32. The fourth-order valence-corrected chi connectivity index (χ4v) is 2.77. The lowest BCUT2D eigenvalue weighted by Gasteiger charge is -2.14. The Hall–Kier alpha value is -2.62. The van der Waals surface area contributed by atoms with Crippen LogP contribution in [0.2, 0.25) is 0 Å². The van der Waals surface area contributed by atoms with Crippen molar-refractivity contribution in [3.8, 4) is 11.3 Å².